The maximum Gasteiger partial charge on any atom is 0.332 e. The van der Waals surface area contributed by atoms with Gasteiger partial charge in [-0.05, 0) is 19.4 Å². The predicted octanol–water partition coefficient (Wildman–Crippen LogP) is 1.60. The van der Waals surface area contributed by atoms with Crippen molar-refractivity contribution in [2.45, 2.75) is 13.8 Å². The molecule has 2 bridgehead atoms. The van der Waals surface area contributed by atoms with Gasteiger partial charge in [-0.25, -0.2) is 9.59 Å². The van der Waals surface area contributed by atoms with E-state index in [0.717, 1.165) is 11.1 Å². The van der Waals surface area contributed by atoms with Crippen LogP contribution in [-0.2, 0) is 9.59 Å². The lowest BCUT2D eigenvalue weighted by Gasteiger charge is -2.09. The first-order valence-corrected chi connectivity index (χ1v) is 5.00. The molecule has 0 aliphatic heterocycles. The monoisotopic (exact) mass is 220 g/mol. The molecule has 2 aliphatic carbocycles. The third kappa shape index (κ3) is 1.30. The number of hydrogen-bond acceptors (Lipinski definition) is 2. The Hall–Kier alpha value is -1.84. The Morgan fingerprint density at radius 1 is 1.00 bits per heavy atom. The van der Waals surface area contributed by atoms with Crippen molar-refractivity contribution >= 4 is 11.9 Å². The molecular weight excluding hydrogens is 208 g/mol. The highest BCUT2D eigenvalue weighted by molar-refractivity contribution is 5.97. The highest BCUT2D eigenvalue weighted by atomic mass is 16.4. The second kappa shape index (κ2) is 3.33. The van der Waals surface area contributed by atoms with Crippen molar-refractivity contribution in [2.75, 3.05) is 0 Å². The number of carbonyl (C=O) groups is 2. The molecule has 0 radical (unpaired) electrons. The van der Waals surface area contributed by atoms with Crippen LogP contribution in [0.4, 0.5) is 0 Å². The van der Waals surface area contributed by atoms with E-state index in [2.05, 4.69) is 0 Å². The van der Waals surface area contributed by atoms with Crippen molar-refractivity contribution in [3.05, 3.63) is 34.4 Å². The van der Waals surface area contributed by atoms with Gasteiger partial charge in [-0.3, -0.25) is 0 Å². The summed E-state index contributed by atoms with van der Waals surface area (Å²) < 4.78 is 0. The molecule has 0 spiro atoms. The van der Waals surface area contributed by atoms with Crippen LogP contribution in [0.15, 0.2) is 34.4 Å². The van der Waals surface area contributed by atoms with E-state index in [4.69, 9.17) is 10.2 Å². The van der Waals surface area contributed by atoms with Gasteiger partial charge in [0.1, 0.15) is 0 Å². The third-order valence-corrected chi connectivity index (χ3v) is 3.10. The Labute approximate surface area is 92.6 Å². The normalized spacial score (nSPS) is 26.5. The topological polar surface area (TPSA) is 74.6 Å². The summed E-state index contributed by atoms with van der Waals surface area (Å²) in [7, 11) is 0. The number of allylic oxidation sites excluding steroid dienone is 4. The highest BCUT2D eigenvalue weighted by Gasteiger charge is 2.43. The zero-order chi connectivity index (χ0) is 12.0. The minimum Gasteiger partial charge on any atom is -0.478 e. The van der Waals surface area contributed by atoms with Crippen LogP contribution in [0.2, 0.25) is 0 Å². The van der Waals surface area contributed by atoms with Gasteiger partial charge in [0.2, 0.25) is 0 Å². The van der Waals surface area contributed by atoms with Gasteiger partial charge in [-0.1, -0.05) is 17.7 Å². The van der Waals surface area contributed by atoms with E-state index in [1.54, 1.807) is 12.2 Å². The maximum absolute atomic E-state index is 11.0. The lowest BCUT2D eigenvalue weighted by atomic mass is 9.95. The Morgan fingerprint density at radius 2 is 1.38 bits per heavy atom. The van der Waals surface area contributed by atoms with Crippen molar-refractivity contribution in [3.8, 4) is 0 Å². The largest absolute Gasteiger partial charge is 0.478 e. The quantitative estimate of drug-likeness (QED) is 0.693. The zero-order valence-corrected chi connectivity index (χ0v) is 9.02. The van der Waals surface area contributed by atoms with Crippen LogP contribution < -0.4 is 0 Å². The van der Waals surface area contributed by atoms with E-state index in [1.807, 2.05) is 13.8 Å². The van der Waals surface area contributed by atoms with Crippen LogP contribution in [0.5, 0.6) is 0 Å². The van der Waals surface area contributed by atoms with E-state index >= 15 is 0 Å². The zero-order valence-electron chi connectivity index (χ0n) is 9.02. The summed E-state index contributed by atoms with van der Waals surface area (Å²) in [4.78, 5) is 21.9. The van der Waals surface area contributed by atoms with Gasteiger partial charge in [0.15, 0.2) is 0 Å². The molecule has 2 N–H and O–H groups in total. The van der Waals surface area contributed by atoms with E-state index in [-0.39, 0.29) is 11.8 Å². The molecule has 16 heavy (non-hydrogen) atoms. The molecule has 4 heteroatoms. The van der Waals surface area contributed by atoms with Crippen LogP contribution in [-0.4, -0.2) is 22.2 Å². The lowest BCUT2D eigenvalue weighted by Crippen LogP contribution is -2.10. The average molecular weight is 220 g/mol. The number of rotatable bonds is 2. The summed E-state index contributed by atoms with van der Waals surface area (Å²) >= 11 is 0. The maximum atomic E-state index is 11.0. The fraction of sp³-hybridized carbons (Fsp3) is 0.333. The highest BCUT2D eigenvalue weighted by Crippen LogP contribution is 2.48. The average Bonchev–Trinajstić information content (AvgIpc) is 2.70. The molecule has 2 aliphatic rings. The number of aliphatic carboxylic acids is 2. The summed E-state index contributed by atoms with van der Waals surface area (Å²) in [5.74, 6) is -2.63. The van der Waals surface area contributed by atoms with Crippen molar-refractivity contribution < 1.29 is 19.8 Å². The van der Waals surface area contributed by atoms with Crippen LogP contribution in [0.3, 0.4) is 0 Å². The predicted molar refractivity (Wildman–Crippen MR) is 56.8 cm³/mol. The number of hydrogen-bond donors (Lipinski definition) is 2. The van der Waals surface area contributed by atoms with Gasteiger partial charge in [0, 0.05) is 23.0 Å². The minimum absolute atomic E-state index is 0.297. The molecule has 2 unspecified atom stereocenters. The van der Waals surface area contributed by atoms with E-state index in [9.17, 15) is 9.59 Å². The number of carboxylic acid groups (broad SMARTS) is 2. The van der Waals surface area contributed by atoms with Crippen molar-refractivity contribution in [1.82, 2.24) is 0 Å². The fourth-order valence-electron chi connectivity index (χ4n) is 2.48. The van der Waals surface area contributed by atoms with Crippen LogP contribution in [0.1, 0.15) is 13.8 Å². The van der Waals surface area contributed by atoms with Crippen LogP contribution >= 0.6 is 0 Å². The second-order valence-electron chi connectivity index (χ2n) is 4.27. The summed E-state index contributed by atoms with van der Waals surface area (Å²) in [6.07, 6.45) is 3.11. The molecule has 4 nitrogen and oxygen atoms in total. The SMILES string of the molecule is CC(C)=C1C2C=C(C(=O)O)C1C=C2C(=O)O. The molecule has 0 fully saturated rings. The summed E-state index contributed by atoms with van der Waals surface area (Å²) in [6, 6.07) is 0. The summed E-state index contributed by atoms with van der Waals surface area (Å²) in [6.45, 7) is 3.76. The number of fused-ring (bicyclic) bond motifs is 2. The molecule has 0 aromatic heterocycles. The summed E-state index contributed by atoms with van der Waals surface area (Å²) in [5.41, 5.74) is 2.50. The van der Waals surface area contributed by atoms with E-state index in [0.29, 0.717) is 11.1 Å². The molecule has 0 aromatic rings. The van der Waals surface area contributed by atoms with Gasteiger partial charge < -0.3 is 10.2 Å². The Morgan fingerprint density at radius 3 is 1.62 bits per heavy atom. The molecule has 0 saturated heterocycles. The summed E-state index contributed by atoms with van der Waals surface area (Å²) in [5, 5.41) is 18.0. The molecule has 2 atom stereocenters. The molecule has 2 rings (SSSR count). The van der Waals surface area contributed by atoms with Gasteiger partial charge >= 0.3 is 11.9 Å². The first-order chi connectivity index (χ1) is 7.43. The fourth-order valence-corrected chi connectivity index (χ4v) is 2.48. The smallest absolute Gasteiger partial charge is 0.332 e. The minimum atomic E-state index is -0.966. The molecule has 0 heterocycles. The van der Waals surface area contributed by atoms with Crippen LogP contribution in [0.25, 0.3) is 0 Å². The molecule has 0 saturated carbocycles. The Kier molecular flexibility index (Phi) is 2.22. The van der Waals surface area contributed by atoms with Gasteiger partial charge in [0.05, 0.1) is 0 Å². The van der Waals surface area contributed by atoms with Crippen molar-refractivity contribution in [1.29, 1.82) is 0 Å². The third-order valence-electron chi connectivity index (χ3n) is 3.10. The molecule has 0 amide bonds. The second-order valence-corrected chi connectivity index (χ2v) is 4.27. The molecular formula is C12H12O4. The van der Waals surface area contributed by atoms with Gasteiger partial charge in [-0.2, -0.15) is 0 Å². The Bertz CT molecular complexity index is 437. The van der Waals surface area contributed by atoms with Crippen LogP contribution in [0, 0.1) is 11.8 Å². The standard InChI is InChI=1S/C12H12O4/c1-5(2)10-6-3-8(11(13)14)7(10)4-9(6)12(15)16/h3-4,6-7H,1-2H3,(H,13,14)(H,15,16). The van der Waals surface area contributed by atoms with Crippen molar-refractivity contribution in [3.63, 3.8) is 0 Å². The molecule has 84 valence electrons. The van der Waals surface area contributed by atoms with Gasteiger partial charge in [0.25, 0.3) is 0 Å². The number of carboxylic acids is 2. The van der Waals surface area contributed by atoms with Crippen molar-refractivity contribution in [2.24, 2.45) is 11.8 Å². The van der Waals surface area contributed by atoms with E-state index < -0.39 is 11.9 Å². The molecule has 0 aromatic carbocycles. The van der Waals surface area contributed by atoms with Gasteiger partial charge in [-0.15, -0.1) is 0 Å². The lowest BCUT2D eigenvalue weighted by molar-refractivity contribution is -0.134. The Balaban J connectivity index is 2.48. The first kappa shape index (κ1) is 10.7. The van der Waals surface area contributed by atoms with E-state index in [1.165, 1.54) is 0 Å². The first-order valence-electron chi connectivity index (χ1n) is 5.00.